The number of hydrogen-bond acceptors (Lipinski definition) is 9. The summed E-state index contributed by atoms with van der Waals surface area (Å²) in [7, 11) is 0. The van der Waals surface area contributed by atoms with Gasteiger partial charge >= 0.3 is 6.09 Å². The van der Waals surface area contributed by atoms with Crippen molar-refractivity contribution in [1.29, 1.82) is 0 Å². The number of carbonyl (C=O) groups excluding carboxylic acids is 5. The molecule has 0 heterocycles. The van der Waals surface area contributed by atoms with Gasteiger partial charge in [-0.05, 0) is 55.9 Å². The van der Waals surface area contributed by atoms with Crippen LogP contribution in [0.2, 0.25) is 0 Å². The maximum absolute atomic E-state index is 12.7. The molecule has 0 bridgehead atoms. The van der Waals surface area contributed by atoms with Gasteiger partial charge in [-0.25, -0.2) is 4.79 Å². The second kappa shape index (κ2) is 27.2. The molecule has 4 unspecified atom stereocenters. The van der Waals surface area contributed by atoms with Crippen LogP contribution in [0.15, 0.2) is 121 Å². The Labute approximate surface area is 371 Å². The van der Waals surface area contributed by atoms with Crippen molar-refractivity contribution in [2.75, 3.05) is 13.1 Å². The summed E-state index contributed by atoms with van der Waals surface area (Å²) in [5.41, 5.74) is 8.73. The number of ether oxygens (including phenoxy) is 1. The number of hydrogen-bond donors (Lipinski definition) is 8. The standard InChI is InChI=1S/C26H35N3O5.C21H27N3O3.ClH/c1-5-12-20(28-25(33)34-26(2,3)4)23(31)24(32)27-17-21(30)29-22(18-13-8-6-9-14-18)19-15-10-7-11-16-19;1-2-9-17(22)20(26)21(27)23-14-18(25)24-19(15-10-5-3-6-11-15)16-12-7-4-8-13-16;/h6-11,13-16,20,22-23,31H,5,12,17H2,1-4H3,(H,27,32)(H,28,33)(H,29,30);3-8,10-13,17,19-20,26H,2,9,14,22H2,1H3,(H,23,27)(H,24,25);1H. The smallest absolute Gasteiger partial charge is 0.407 e. The van der Waals surface area contributed by atoms with Gasteiger partial charge < -0.3 is 47.3 Å². The molecule has 0 spiro atoms. The van der Waals surface area contributed by atoms with Gasteiger partial charge in [-0.1, -0.05) is 148 Å². The van der Waals surface area contributed by atoms with E-state index in [1.165, 1.54) is 0 Å². The van der Waals surface area contributed by atoms with Gasteiger partial charge in [0.15, 0.2) is 6.10 Å². The van der Waals surface area contributed by atoms with E-state index in [4.69, 9.17) is 10.5 Å². The van der Waals surface area contributed by atoms with Gasteiger partial charge in [-0.3, -0.25) is 19.2 Å². The molecule has 0 fully saturated rings. The lowest BCUT2D eigenvalue weighted by atomic mass is 9.99. The van der Waals surface area contributed by atoms with E-state index in [0.29, 0.717) is 19.3 Å². The molecule has 15 heteroatoms. The third-order valence-corrected chi connectivity index (χ3v) is 9.24. The molecule has 14 nitrogen and oxygen atoms in total. The Kier molecular flexibility index (Phi) is 23.0. The number of rotatable bonds is 19. The number of nitrogens with one attached hydrogen (secondary N) is 5. The topological polar surface area (TPSA) is 221 Å². The summed E-state index contributed by atoms with van der Waals surface area (Å²) in [6.07, 6.45) is -1.28. The van der Waals surface area contributed by atoms with Crippen LogP contribution in [0.4, 0.5) is 4.79 Å². The molecule has 4 aromatic rings. The molecule has 4 rings (SSSR count). The molecule has 4 atom stereocenters. The van der Waals surface area contributed by atoms with E-state index in [0.717, 1.165) is 28.7 Å². The molecular formula is C47H63ClN6O8. The fraction of sp³-hybridized carbons (Fsp3) is 0.383. The van der Waals surface area contributed by atoms with Crippen molar-refractivity contribution >= 4 is 42.1 Å². The normalized spacial score (nSPS) is 12.8. The molecule has 0 saturated carbocycles. The summed E-state index contributed by atoms with van der Waals surface area (Å²) >= 11 is 0. The Bertz CT molecular complexity index is 1860. The Hall–Kier alpha value is -5.80. The van der Waals surface area contributed by atoms with Crippen LogP contribution in [-0.4, -0.2) is 82.9 Å². The van der Waals surface area contributed by atoms with Gasteiger partial charge in [0.05, 0.1) is 31.2 Å². The predicted octanol–water partition coefficient (Wildman–Crippen LogP) is 4.98. The zero-order valence-electron chi connectivity index (χ0n) is 36.1. The monoisotopic (exact) mass is 874 g/mol. The van der Waals surface area contributed by atoms with Crippen molar-refractivity contribution in [2.45, 2.75) is 102 Å². The lowest BCUT2D eigenvalue weighted by molar-refractivity contribution is -0.133. The first kappa shape index (κ1) is 52.3. The summed E-state index contributed by atoms with van der Waals surface area (Å²) < 4.78 is 5.21. The van der Waals surface area contributed by atoms with Crippen molar-refractivity contribution in [2.24, 2.45) is 5.73 Å². The van der Waals surface area contributed by atoms with Crippen LogP contribution in [-0.2, 0) is 23.9 Å². The third kappa shape index (κ3) is 18.4. The molecule has 0 aromatic heterocycles. The minimum atomic E-state index is -1.53. The van der Waals surface area contributed by atoms with E-state index in [2.05, 4.69) is 26.6 Å². The first-order valence-electron chi connectivity index (χ1n) is 20.6. The van der Waals surface area contributed by atoms with Gasteiger partial charge in [0, 0.05) is 6.04 Å². The maximum atomic E-state index is 12.7. The SMILES string of the molecule is CCCC(N)C(O)C(=O)NCC(=O)NC(c1ccccc1)c1ccccc1.CCCC(NC(=O)OC(C)(C)C)C(O)C(=O)NCC(=O)NC(c1ccccc1)c1ccccc1.Cl. The summed E-state index contributed by atoms with van der Waals surface area (Å²) in [4.78, 5) is 61.6. The number of benzene rings is 4. The molecule has 0 aliphatic heterocycles. The van der Waals surface area contributed by atoms with Crippen molar-refractivity contribution < 1.29 is 38.9 Å². The lowest BCUT2D eigenvalue weighted by Gasteiger charge is -2.26. The Morgan fingerprint density at radius 1 is 0.565 bits per heavy atom. The number of aliphatic hydroxyl groups excluding tert-OH is 2. The largest absolute Gasteiger partial charge is 0.444 e. The highest BCUT2D eigenvalue weighted by molar-refractivity contribution is 5.88. The van der Waals surface area contributed by atoms with Gasteiger partial charge in [0.2, 0.25) is 11.8 Å². The van der Waals surface area contributed by atoms with E-state index in [1.54, 1.807) is 20.8 Å². The Morgan fingerprint density at radius 3 is 1.23 bits per heavy atom. The fourth-order valence-electron chi connectivity index (χ4n) is 6.22. The molecule has 4 aromatic carbocycles. The van der Waals surface area contributed by atoms with Crippen molar-refractivity contribution in [1.82, 2.24) is 26.6 Å². The van der Waals surface area contributed by atoms with Crippen LogP contribution < -0.4 is 32.3 Å². The number of nitrogens with two attached hydrogens (primary N) is 1. The van der Waals surface area contributed by atoms with Gasteiger partial charge in [-0.15, -0.1) is 12.4 Å². The van der Waals surface area contributed by atoms with E-state index in [9.17, 15) is 34.2 Å². The highest BCUT2D eigenvalue weighted by Gasteiger charge is 2.29. The zero-order valence-corrected chi connectivity index (χ0v) is 36.9. The quantitative estimate of drug-likeness (QED) is 0.0636. The van der Waals surface area contributed by atoms with Crippen molar-refractivity contribution in [3.8, 4) is 0 Å². The van der Waals surface area contributed by atoms with Crippen LogP contribution in [0.1, 0.15) is 94.6 Å². The average Bonchev–Trinajstić information content (AvgIpc) is 3.25. The van der Waals surface area contributed by atoms with Crippen molar-refractivity contribution in [3.05, 3.63) is 144 Å². The van der Waals surface area contributed by atoms with Crippen LogP contribution in [0.3, 0.4) is 0 Å². The van der Waals surface area contributed by atoms with Crippen LogP contribution >= 0.6 is 12.4 Å². The Morgan fingerprint density at radius 2 is 0.903 bits per heavy atom. The van der Waals surface area contributed by atoms with E-state index < -0.39 is 59.7 Å². The number of halogens is 1. The fourth-order valence-corrected chi connectivity index (χ4v) is 6.22. The predicted molar refractivity (Wildman–Crippen MR) is 242 cm³/mol. The zero-order chi connectivity index (χ0) is 44.8. The van der Waals surface area contributed by atoms with Gasteiger partial charge in [0.25, 0.3) is 11.8 Å². The second-order valence-electron chi connectivity index (χ2n) is 15.5. The summed E-state index contributed by atoms with van der Waals surface area (Å²) in [6, 6.07) is 36.0. The van der Waals surface area contributed by atoms with Crippen LogP contribution in [0.5, 0.6) is 0 Å². The first-order valence-corrected chi connectivity index (χ1v) is 20.6. The number of aliphatic hydroxyl groups is 2. The third-order valence-electron chi connectivity index (χ3n) is 9.24. The van der Waals surface area contributed by atoms with E-state index in [-0.39, 0.29) is 37.4 Å². The highest BCUT2D eigenvalue weighted by atomic mass is 35.5. The second-order valence-corrected chi connectivity index (χ2v) is 15.5. The van der Waals surface area contributed by atoms with E-state index in [1.807, 2.05) is 135 Å². The van der Waals surface area contributed by atoms with Gasteiger partial charge in [-0.2, -0.15) is 0 Å². The minimum Gasteiger partial charge on any atom is -0.444 e. The molecule has 0 aliphatic carbocycles. The summed E-state index contributed by atoms with van der Waals surface area (Å²) in [6.45, 7) is 8.41. The molecule has 9 N–H and O–H groups in total. The van der Waals surface area contributed by atoms with Crippen LogP contribution in [0, 0.1) is 0 Å². The molecule has 5 amide bonds. The number of alkyl carbamates (subject to hydrolysis) is 1. The first-order chi connectivity index (χ1) is 29.1. The molecule has 0 radical (unpaired) electrons. The highest BCUT2D eigenvalue weighted by Crippen LogP contribution is 2.23. The molecular weight excluding hydrogens is 812 g/mol. The minimum absolute atomic E-state index is 0. The summed E-state index contributed by atoms with van der Waals surface area (Å²) in [5.74, 6) is -2.15. The number of amides is 5. The molecule has 0 saturated heterocycles. The van der Waals surface area contributed by atoms with E-state index >= 15 is 0 Å². The molecule has 0 aliphatic rings. The van der Waals surface area contributed by atoms with Crippen molar-refractivity contribution in [3.63, 3.8) is 0 Å². The number of carbonyl (C=O) groups is 5. The molecule has 336 valence electrons. The lowest BCUT2D eigenvalue weighted by Crippen LogP contribution is -2.52. The van der Waals surface area contributed by atoms with Crippen LogP contribution in [0.25, 0.3) is 0 Å². The Balaban J connectivity index is 0.000000430. The molecule has 62 heavy (non-hydrogen) atoms. The van der Waals surface area contributed by atoms with Gasteiger partial charge in [0.1, 0.15) is 11.7 Å². The summed E-state index contributed by atoms with van der Waals surface area (Å²) in [5, 5.41) is 33.7. The maximum Gasteiger partial charge on any atom is 0.407 e. The average molecular weight is 876 g/mol.